The molecule has 0 atom stereocenters. The monoisotopic (exact) mass is 430 g/mol. The predicted molar refractivity (Wildman–Crippen MR) is 128 cm³/mol. The number of carbonyl (C=O) groups excluding carboxylic acids is 2. The number of hydrogen-bond acceptors (Lipinski definition) is 3. The van der Waals surface area contributed by atoms with Crippen LogP contribution in [0.15, 0.2) is 72.8 Å². The van der Waals surface area contributed by atoms with E-state index in [1.54, 1.807) is 24.3 Å². The Morgan fingerprint density at radius 2 is 1.47 bits per heavy atom. The molecule has 0 spiro atoms. The highest BCUT2D eigenvalue weighted by Crippen LogP contribution is 2.22. The van der Waals surface area contributed by atoms with Crippen LogP contribution in [0.3, 0.4) is 0 Å². The molecule has 5 nitrogen and oxygen atoms in total. The Hall–Kier alpha value is -3.60. The van der Waals surface area contributed by atoms with Gasteiger partial charge in [0.15, 0.2) is 6.61 Å². The van der Waals surface area contributed by atoms with Gasteiger partial charge in [-0.15, -0.1) is 0 Å². The quantitative estimate of drug-likeness (QED) is 0.485. The van der Waals surface area contributed by atoms with Crippen molar-refractivity contribution in [1.82, 2.24) is 5.32 Å². The Bertz CT molecular complexity index is 1010. The van der Waals surface area contributed by atoms with Gasteiger partial charge in [-0.25, -0.2) is 0 Å². The summed E-state index contributed by atoms with van der Waals surface area (Å²) >= 11 is 0. The largest absolute Gasteiger partial charge is 0.484 e. The van der Waals surface area contributed by atoms with Crippen molar-refractivity contribution < 1.29 is 14.3 Å². The fourth-order valence-electron chi connectivity index (χ4n) is 3.50. The highest BCUT2D eigenvalue weighted by atomic mass is 16.5. The molecule has 32 heavy (non-hydrogen) atoms. The first-order chi connectivity index (χ1) is 15.6. The van der Waals surface area contributed by atoms with E-state index in [1.165, 1.54) is 5.56 Å². The molecule has 0 aliphatic carbocycles. The summed E-state index contributed by atoms with van der Waals surface area (Å²) in [6.07, 6.45) is 2.47. The van der Waals surface area contributed by atoms with E-state index < -0.39 is 0 Å². The van der Waals surface area contributed by atoms with Gasteiger partial charge in [0.05, 0.1) is 0 Å². The minimum atomic E-state index is -0.205. The van der Waals surface area contributed by atoms with Crippen molar-refractivity contribution in [3.05, 3.63) is 95.1 Å². The fraction of sp³-hybridized carbons (Fsp3) is 0.259. The molecule has 3 rings (SSSR count). The number of amides is 2. The first kappa shape index (κ1) is 23.1. The first-order valence-electron chi connectivity index (χ1n) is 11.1. The lowest BCUT2D eigenvalue weighted by molar-refractivity contribution is -0.118. The molecule has 0 heterocycles. The summed E-state index contributed by atoms with van der Waals surface area (Å²) in [4.78, 5) is 24.8. The number of benzene rings is 3. The summed E-state index contributed by atoms with van der Waals surface area (Å²) in [6.45, 7) is 4.62. The van der Waals surface area contributed by atoms with Gasteiger partial charge >= 0.3 is 0 Å². The van der Waals surface area contributed by atoms with Crippen LogP contribution in [0.5, 0.6) is 5.75 Å². The van der Waals surface area contributed by atoms with Crippen LogP contribution in [0.2, 0.25) is 0 Å². The number of anilines is 1. The lowest BCUT2D eigenvalue weighted by atomic mass is 10.0. The number of ether oxygens (including phenoxy) is 1. The second-order valence-electron chi connectivity index (χ2n) is 7.51. The zero-order valence-electron chi connectivity index (χ0n) is 18.7. The van der Waals surface area contributed by atoms with Crippen LogP contribution in [0.4, 0.5) is 5.69 Å². The van der Waals surface area contributed by atoms with Gasteiger partial charge in [-0.2, -0.15) is 0 Å². The van der Waals surface area contributed by atoms with E-state index in [4.69, 9.17) is 4.74 Å². The molecule has 2 N–H and O–H groups in total. The van der Waals surface area contributed by atoms with E-state index in [0.717, 1.165) is 36.1 Å². The van der Waals surface area contributed by atoms with Gasteiger partial charge in [0.1, 0.15) is 5.75 Å². The number of aryl methyl sites for hydroxylation is 2. The molecule has 0 unspecified atom stereocenters. The van der Waals surface area contributed by atoms with E-state index in [9.17, 15) is 9.59 Å². The van der Waals surface area contributed by atoms with Crippen molar-refractivity contribution in [2.24, 2.45) is 0 Å². The van der Waals surface area contributed by atoms with Crippen molar-refractivity contribution in [1.29, 1.82) is 0 Å². The lowest BCUT2D eigenvalue weighted by Crippen LogP contribution is -2.25. The van der Waals surface area contributed by atoms with Crippen LogP contribution >= 0.6 is 0 Å². The molecule has 3 aromatic rings. The van der Waals surface area contributed by atoms with Crippen molar-refractivity contribution in [2.45, 2.75) is 33.1 Å². The molecule has 0 aliphatic rings. The maximum absolute atomic E-state index is 12.4. The maximum atomic E-state index is 12.4. The van der Waals surface area contributed by atoms with E-state index >= 15 is 0 Å². The molecule has 0 aliphatic heterocycles. The van der Waals surface area contributed by atoms with E-state index in [-0.39, 0.29) is 18.4 Å². The third-order valence-electron chi connectivity index (χ3n) is 5.29. The first-order valence-corrected chi connectivity index (χ1v) is 11.1. The summed E-state index contributed by atoms with van der Waals surface area (Å²) in [5.41, 5.74) is 4.84. The average molecular weight is 431 g/mol. The SMILES string of the molecule is CCc1cccc(CC)c1NC(=O)COc1ccc(C(=O)NCCc2ccccc2)cc1. The molecule has 2 amide bonds. The summed E-state index contributed by atoms with van der Waals surface area (Å²) in [6, 6.07) is 22.9. The number of carbonyl (C=O) groups is 2. The Labute approximate surface area is 189 Å². The normalized spacial score (nSPS) is 10.4. The zero-order chi connectivity index (χ0) is 22.8. The number of hydrogen-bond donors (Lipinski definition) is 2. The van der Waals surface area contributed by atoms with Gasteiger partial charge < -0.3 is 15.4 Å². The van der Waals surface area contributed by atoms with Gasteiger partial charge in [-0.1, -0.05) is 62.4 Å². The van der Waals surface area contributed by atoms with Crippen LogP contribution in [0, 0.1) is 0 Å². The summed E-state index contributed by atoms with van der Waals surface area (Å²) in [7, 11) is 0. The number of para-hydroxylation sites is 1. The number of nitrogens with one attached hydrogen (secondary N) is 2. The molecular formula is C27H30N2O3. The van der Waals surface area contributed by atoms with Gasteiger partial charge in [0, 0.05) is 17.8 Å². The Morgan fingerprint density at radius 3 is 2.09 bits per heavy atom. The topological polar surface area (TPSA) is 67.4 Å². The molecule has 0 fully saturated rings. The zero-order valence-corrected chi connectivity index (χ0v) is 18.7. The minimum absolute atomic E-state index is 0.0934. The third-order valence-corrected chi connectivity index (χ3v) is 5.29. The molecule has 5 heteroatoms. The van der Waals surface area contributed by atoms with Crippen LogP contribution in [0.25, 0.3) is 0 Å². The molecule has 3 aromatic carbocycles. The molecule has 0 bridgehead atoms. The van der Waals surface area contributed by atoms with Crippen LogP contribution in [0.1, 0.15) is 40.9 Å². The van der Waals surface area contributed by atoms with Crippen LogP contribution < -0.4 is 15.4 Å². The fourth-order valence-corrected chi connectivity index (χ4v) is 3.50. The predicted octanol–water partition coefficient (Wildman–Crippen LogP) is 4.80. The molecule has 0 saturated carbocycles. The van der Waals surface area contributed by atoms with Crippen molar-refractivity contribution >= 4 is 17.5 Å². The van der Waals surface area contributed by atoms with E-state index in [0.29, 0.717) is 17.9 Å². The smallest absolute Gasteiger partial charge is 0.262 e. The Morgan fingerprint density at radius 1 is 0.812 bits per heavy atom. The molecule has 0 aromatic heterocycles. The van der Waals surface area contributed by atoms with Gasteiger partial charge in [-0.05, 0) is 60.2 Å². The molecule has 0 radical (unpaired) electrons. The van der Waals surface area contributed by atoms with E-state index in [2.05, 4.69) is 24.5 Å². The van der Waals surface area contributed by atoms with Crippen molar-refractivity contribution in [2.75, 3.05) is 18.5 Å². The van der Waals surface area contributed by atoms with Gasteiger partial charge in [0.2, 0.25) is 0 Å². The number of rotatable bonds is 10. The summed E-state index contributed by atoms with van der Waals surface area (Å²) < 4.78 is 5.62. The molecule has 166 valence electrons. The Balaban J connectivity index is 1.48. The van der Waals surface area contributed by atoms with Crippen molar-refractivity contribution in [3.63, 3.8) is 0 Å². The van der Waals surface area contributed by atoms with Crippen LogP contribution in [-0.4, -0.2) is 25.0 Å². The van der Waals surface area contributed by atoms with Gasteiger partial charge in [-0.3, -0.25) is 9.59 Å². The molecule has 0 saturated heterocycles. The highest BCUT2D eigenvalue weighted by molar-refractivity contribution is 5.94. The Kier molecular flexibility index (Phi) is 8.44. The molecular weight excluding hydrogens is 400 g/mol. The summed E-state index contributed by atoms with van der Waals surface area (Å²) in [5.74, 6) is 0.206. The lowest BCUT2D eigenvalue weighted by Gasteiger charge is -2.14. The summed E-state index contributed by atoms with van der Waals surface area (Å²) in [5, 5.41) is 5.91. The van der Waals surface area contributed by atoms with Crippen LogP contribution in [-0.2, 0) is 24.1 Å². The third kappa shape index (κ3) is 6.45. The highest BCUT2D eigenvalue weighted by Gasteiger charge is 2.11. The average Bonchev–Trinajstić information content (AvgIpc) is 2.83. The maximum Gasteiger partial charge on any atom is 0.262 e. The van der Waals surface area contributed by atoms with Crippen molar-refractivity contribution in [3.8, 4) is 5.75 Å². The minimum Gasteiger partial charge on any atom is -0.484 e. The standard InChI is InChI=1S/C27H30N2O3/c1-3-21-11-8-12-22(4-2)26(21)29-25(30)19-32-24-15-13-23(14-16-24)27(31)28-18-17-20-9-6-5-7-10-20/h5-16H,3-4,17-19H2,1-2H3,(H,28,31)(H,29,30). The second kappa shape index (κ2) is 11.7. The van der Waals surface area contributed by atoms with E-state index in [1.807, 2.05) is 48.5 Å². The second-order valence-corrected chi connectivity index (χ2v) is 7.51. The van der Waals surface area contributed by atoms with Gasteiger partial charge in [0.25, 0.3) is 11.8 Å².